The average molecular weight is 644 g/mol. The Morgan fingerprint density at radius 2 is 1.50 bits per heavy atom. The number of nitrogens with zero attached hydrogens (tertiary/aromatic N) is 2. The number of rotatable bonds is 15. The zero-order valence-electron chi connectivity index (χ0n) is 26.7. The van der Waals surface area contributed by atoms with E-state index in [9.17, 15) is 18.0 Å². The van der Waals surface area contributed by atoms with Gasteiger partial charge in [-0.25, -0.2) is 8.42 Å². The lowest BCUT2D eigenvalue weighted by molar-refractivity contribution is -0.140. The summed E-state index contributed by atoms with van der Waals surface area (Å²) in [5.74, 6) is -0.251. The Balaban J connectivity index is 1.86. The Morgan fingerprint density at radius 1 is 0.848 bits per heavy atom. The van der Waals surface area contributed by atoms with Gasteiger partial charge in [-0.15, -0.1) is 0 Å². The lowest BCUT2D eigenvalue weighted by Gasteiger charge is -2.34. The molecule has 0 spiro atoms. The van der Waals surface area contributed by atoms with Crippen molar-refractivity contribution in [2.24, 2.45) is 0 Å². The maximum absolute atomic E-state index is 14.7. The largest absolute Gasteiger partial charge is 0.497 e. The van der Waals surface area contributed by atoms with Gasteiger partial charge in [0.1, 0.15) is 24.1 Å². The fourth-order valence-corrected chi connectivity index (χ4v) is 6.55. The third kappa shape index (κ3) is 8.25. The first-order chi connectivity index (χ1) is 22.2. The van der Waals surface area contributed by atoms with Gasteiger partial charge in [-0.2, -0.15) is 0 Å². The number of ether oxygens (including phenoxy) is 2. The molecule has 0 radical (unpaired) electrons. The molecule has 9 nitrogen and oxygen atoms in total. The summed E-state index contributed by atoms with van der Waals surface area (Å²) >= 11 is 0. The summed E-state index contributed by atoms with van der Waals surface area (Å²) in [5.41, 5.74) is 2.78. The molecular formula is C36H41N3O6S. The van der Waals surface area contributed by atoms with E-state index in [1.807, 2.05) is 68.4 Å². The highest BCUT2D eigenvalue weighted by Gasteiger charge is 2.35. The normalized spacial score (nSPS) is 11.7. The highest BCUT2D eigenvalue weighted by molar-refractivity contribution is 7.92. The highest BCUT2D eigenvalue weighted by Crippen LogP contribution is 2.36. The molecular weight excluding hydrogens is 602 g/mol. The summed E-state index contributed by atoms with van der Waals surface area (Å²) in [6.07, 6.45) is 0.955. The minimum absolute atomic E-state index is 0.000323. The summed E-state index contributed by atoms with van der Waals surface area (Å²) in [4.78, 5) is 30.0. The van der Waals surface area contributed by atoms with Crippen LogP contribution in [0.4, 0.5) is 5.69 Å². The number of anilines is 1. The Hall–Kier alpha value is -4.83. The van der Waals surface area contributed by atoms with Crippen LogP contribution in [0.3, 0.4) is 0 Å². The zero-order valence-corrected chi connectivity index (χ0v) is 27.5. The molecule has 10 heteroatoms. The van der Waals surface area contributed by atoms with Crippen molar-refractivity contribution in [3.8, 4) is 11.5 Å². The third-order valence-electron chi connectivity index (χ3n) is 7.69. The molecule has 0 fully saturated rings. The van der Waals surface area contributed by atoms with Gasteiger partial charge in [0.15, 0.2) is 0 Å². The van der Waals surface area contributed by atoms with Gasteiger partial charge in [0.25, 0.3) is 10.0 Å². The summed E-state index contributed by atoms with van der Waals surface area (Å²) in [7, 11) is -1.39. The van der Waals surface area contributed by atoms with Crippen molar-refractivity contribution in [1.29, 1.82) is 0 Å². The van der Waals surface area contributed by atoms with Gasteiger partial charge in [-0.05, 0) is 54.3 Å². The van der Waals surface area contributed by atoms with E-state index in [-0.39, 0.29) is 35.2 Å². The lowest BCUT2D eigenvalue weighted by atomic mass is 10.0. The number of hydrogen-bond acceptors (Lipinski definition) is 6. The Bertz CT molecular complexity index is 1710. The van der Waals surface area contributed by atoms with Gasteiger partial charge < -0.3 is 19.7 Å². The van der Waals surface area contributed by atoms with Gasteiger partial charge in [-0.1, -0.05) is 79.7 Å². The van der Waals surface area contributed by atoms with Crippen molar-refractivity contribution in [2.75, 3.05) is 31.6 Å². The fraction of sp³-hybridized carbons (Fsp3) is 0.278. The molecule has 0 aliphatic heterocycles. The molecule has 0 saturated heterocycles. The van der Waals surface area contributed by atoms with Crippen LogP contribution < -0.4 is 19.1 Å². The highest BCUT2D eigenvalue weighted by atomic mass is 32.2. The molecule has 242 valence electrons. The summed E-state index contributed by atoms with van der Waals surface area (Å²) in [5, 5.41) is 2.96. The molecule has 1 N–H and O–H groups in total. The number of carbonyl (C=O) groups is 2. The van der Waals surface area contributed by atoms with Crippen LogP contribution in [0.2, 0.25) is 0 Å². The molecule has 2 amide bonds. The second kappa shape index (κ2) is 15.9. The van der Waals surface area contributed by atoms with Crippen LogP contribution in [0.25, 0.3) is 0 Å². The maximum Gasteiger partial charge on any atom is 0.264 e. The Labute approximate surface area is 271 Å². The van der Waals surface area contributed by atoms with Gasteiger partial charge in [0.2, 0.25) is 11.8 Å². The number of amides is 2. The number of nitrogens with one attached hydrogen (secondary N) is 1. The molecule has 0 saturated carbocycles. The number of sulfonamides is 1. The second-order valence-electron chi connectivity index (χ2n) is 10.8. The van der Waals surface area contributed by atoms with Crippen LogP contribution in [0.5, 0.6) is 11.5 Å². The Morgan fingerprint density at radius 3 is 2.13 bits per heavy atom. The van der Waals surface area contributed by atoms with Gasteiger partial charge in [-0.3, -0.25) is 13.9 Å². The van der Waals surface area contributed by atoms with Crippen molar-refractivity contribution in [3.63, 3.8) is 0 Å². The number of carbonyl (C=O) groups excluding carboxylic acids is 2. The van der Waals surface area contributed by atoms with Gasteiger partial charge in [0.05, 0.1) is 24.8 Å². The van der Waals surface area contributed by atoms with Crippen molar-refractivity contribution in [3.05, 3.63) is 120 Å². The summed E-state index contributed by atoms with van der Waals surface area (Å²) in [6, 6.07) is 28.8. The first-order valence-corrected chi connectivity index (χ1v) is 16.6. The monoisotopic (exact) mass is 643 g/mol. The smallest absolute Gasteiger partial charge is 0.264 e. The van der Waals surface area contributed by atoms with E-state index in [2.05, 4.69) is 5.32 Å². The molecule has 0 aliphatic rings. The van der Waals surface area contributed by atoms with E-state index in [1.165, 1.54) is 37.3 Å². The molecule has 46 heavy (non-hydrogen) atoms. The second-order valence-corrected chi connectivity index (χ2v) is 12.7. The predicted octanol–water partition coefficient (Wildman–Crippen LogP) is 5.37. The van der Waals surface area contributed by atoms with Crippen LogP contribution in [0.1, 0.15) is 30.0 Å². The van der Waals surface area contributed by atoms with Crippen molar-refractivity contribution in [1.82, 2.24) is 10.2 Å². The molecule has 4 rings (SSSR count). The van der Waals surface area contributed by atoms with Crippen LogP contribution >= 0.6 is 0 Å². The van der Waals surface area contributed by atoms with Crippen LogP contribution in [0, 0.1) is 6.92 Å². The Kier molecular flexibility index (Phi) is 11.8. The van der Waals surface area contributed by atoms with E-state index < -0.39 is 28.5 Å². The minimum Gasteiger partial charge on any atom is -0.497 e. The predicted molar refractivity (Wildman–Crippen MR) is 179 cm³/mol. The first-order valence-electron chi connectivity index (χ1n) is 15.1. The zero-order chi connectivity index (χ0) is 33.1. The van der Waals surface area contributed by atoms with Crippen molar-refractivity contribution < 1.29 is 27.5 Å². The number of methoxy groups -OCH3 is 2. The topological polar surface area (TPSA) is 105 Å². The molecule has 0 aromatic heterocycles. The molecule has 1 atom stereocenters. The van der Waals surface area contributed by atoms with Gasteiger partial charge in [0, 0.05) is 25.6 Å². The van der Waals surface area contributed by atoms with Crippen molar-refractivity contribution >= 4 is 27.5 Å². The molecule has 0 aliphatic carbocycles. The number of hydrogen-bond donors (Lipinski definition) is 1. The molecule has 4 aromatic rings. The van der Waals surface area contributed by atoms with Crippen LogP contribution in [-0.2, 0) is 32.6 Å². The average Bonchev–Trinajstić information content (AvgIpc) is 3.08. The van der Waals surface area contributed by atoms with Crippen molar-refractivity contribution in [2.45, 2.75) is 44.2 Å². The lowest BCUT2D eigenvalue weighted by Crippen LogP contribution is -2.53. The standard InChI is InChI=1S/C36H41N3O6S/c1-5-22-37-36(41)33(23-28-15-8-6-9-16-28)38(25-29-17-13-12-14-27(29)2)35(40)26-39(46(42,43)31-18-10-7-11-19-31)32-24-30(44-3)20-21-34(32)45-4/h6-21,24,33H,5,22-23,25-26H2,1-4H3,(H,37,41). The fourth-order valence-electron chi connectivity index (χ4n) is 5.12. The molecule has 1 unspecified atom stereocenters. The number of benzene rings is 4. The molecule has 4 aromatic carbocycles. The van der Waals surface area contributed by atoms with Crippen LogP contribution in [-0.4, -0.2) is 58.5 Å². The van der Waals surface area contributed by atoms with E-state index in [0.29, 0.717) is 18.7 Å². The molecule has 0 bridgehead atoms. The molecule has 0 heterocycles. The summed E-state index contributed by atoms with van der Waals surface area (Å²) in [6.45, 7) is 3.83. The quantitative estimate of drug-likeness (QED) is 0.187. The third-order valence-corrected chi connectivity index (χ3v) is 9.46. The van der Waals surface area contributed by atoms with E-state index >= 15 is 0 Å². The maximum atomic E-state index is 14.7. The van der Waals surface area contributed by atoms with Crippen LogP contribution in [0.15, 0.2) is 108 Å². The minimum atomic E-state index is -4.29. The number of aryl methyl sites for hydroxylation is 1. The summed E-state index contributed by atoms with van der Waals surface area (Å²) < 4.78 is 40.6. The van der Waals surface area contributed by atoms with Gasteiger partial charge >= 0.3 is 0 Å². The van der Waals surface area contributed by atoms with E-state index in [4.69, 9.17) is 9.47 Å². The SMILES string of the molecule is CCCNC(=O)C(Cc1ccccc1)N(Cc1ccccc1C)C(=O)CN(c1cc(OC)ccc1OC)S(=O)(=O)c1ccccc1. The van der Waals surface area contributed by atoms with E-state index in [0.717, 1.165) is 21.0 Å². The first kappa shape index (κ1) is 34.1. The van der Waals surface area contributed by atoms with E-state index in [1.54, 1.807) is 30.3 Å².